The minimum Gasteiger partial charge on any atom is -0.497 e. The molecule has 2 aromatic carbocycles. The Kier molecular flexibility index (Phi) is 4.57. The Morgan fingerprint density at radius 3 is 2.96 bits per heavy atom. The maximum Gasteiger partial charge on any atom is 0.188 e. The largest absolute Gasteiger partial charge is 0.497 e. The Hall–Kier alpha value is -2.14. The highest BCUT2D eigenvalue weighted by atomic mass is 32.2. The minimum atomic E-state index is -0.00421. The number of hydrazone groups is 1. The van der Waals surface area contributed by atoms with Crippen molar-refractivity contribution in [2.45, 2.75) is 25.1 Å². The molecule has 0 amide bonds. The van der Waals surface area contributed by atoms with Crippen molar-refractivity contribution in [3.63, 3.8) is 0 Å². The fraction of sp³-hybridized carbons (Fsp3) is 0.350. The summed E-state index contributed by atoms with van der Waals surface area (Å²) in [6, 6.07) is 16.7. The number of hydrogen-bond acceptors (Lipinski definition) is 5. The Labute approximate surface area is 152 Å². The van der Waals surface area contributed by atoms with Gasteiger partial charge >= 0.3 is 0 Å². The quantitative estimate of drug-likeness (QED) is 0.801. The van der Waals surface area contributed by atoms with Crippen LogP contribution in [0.25, 0.3) is 0 Å². The Morgan fingerprint density at radius 2 is 2.12 bits per heavy atom. The average molecular weight is 354 g/mol. The number of rotatable bonds is 5. The molecule has 0 bridgehead atoms. The van der Waals surface area contributed by atoms with Crippen LogP contribution in [0.2, 0.25) is 0 Å². The molecule has 2 atom stereocenters. The average Bonchev–Trinajstić information content (AvgIpc) is 3.12. The van der Waals surface area contributed by atoms with Crippen molar-refractivity contribution < 1.29 is 9.47 Å². The fourth-order valence-electron chi connectivity index (χ4n) is 3.50. The number of benzene rings is 2. The van der Waals surface area contributed by atoms with Crippen molar-refractivity contribution in [3.05, 3.63) is 59.7 Å². The van der Waals surface area contributed by atoms with Gasteiger partial charge in [-0.1, -0.05) is 30.3 Å². The lowest BCUT2D eigenvalue weighted by Gasteiger charge is -2.38. The lowest BCUT2D eigenvalue weighted by molar-refractivity contribution is -0.0180. The fourth-order valence-corrected chi connectivity index (χ4v) is 3.93. The van der Waals surface area contributed by atoms with E-state index in [-0.39, 0.29) is 12.3 Å². The number of methoxy groups -OCH3 is 1. The molecular formula is C20H22N2O2S. The molecule has 4 nitrogen and oxygen atoms in total. The Morgan fingerprint density at radius 1 is 1.24 bits per heavy atom. The molecule has 4 rings (SSSR count). The highest BCUT2D eigenvalue weighted by Crippen LogP contribution is 2.43. The van der Waals surface area contributed by atoms with E-state index in [1.807, 2.05) is 30.0 Å². The van der Waals surface area contributed by atoms with Crippen LogP contribution < -0.4 is 9.47 Å². The molecule has 0 saturated heterocycles. The molecule has 2 aromatic rings. The van der Waals surface area contributed by atoms with Gasteiger partial charge in [-0.25, -0.2) is 0 Å². The lowest BCUT2D eigenvalue weighted by atomic mass is 9.96. The first-order valence-corrected chi connectivity index (χ1v) is 9.94. The van der Waals surface area contributed by atoms with Gasteiger partial charge in [-0.05, 0) is 30.2 Å². The van der Waals surface area contributed by atoms with E-state index in [0.29, 0.717) is 0 Å². The van der Waals surface area contributed by atoms with E-state index in [0.717, 1.165) is 41.4 Å². The van der Waals surface area contributed by atoms with Crippen LogP contribution in [-0.4, -0.2) is 36.1 Å². The molecule has 0 N–H and O–H groups in total. The predicted octanol–water partition coefficient (Wildman–Crippen LogP) is 4.32. The molecule has 0 spiro atoms. The van der Waals surface area contributed by atoms with Crippen molar-refractivity contribution in [3.8, 4) is 11.5 Å². The minimum absolute atomic E-state index is 0.00421. The van der Waals surface area contributed by atoms with Gasteiger partial charge in [0.05, 0.1) is 18.9 Å². The molecule has 0 saturated carbocycles. The van der Waals surface area contributed by atoms with Gasteiger partial charge < -0.3 is 9.47 Å². The topological polar surface area (TPSA) is 34.1 Å². The van der Waals surface area contributed by atoms with E-state index >= 15 is 0 Å². The number of fused-ring (bicyclic) bond motifs is 3. The second-order valence-electron chi connectivity index (χ2n) is 6.27. The molecule has 0 fully saturated rings. The zero-order chi connectivity index (χ0) is 17.2. The molecular weight excluding hydrogens is 332 g/mol. The molecule has 5 heteroatoms. The zero-order valence-electron chi connectivity index (χ0n) is 14.5. The first-order valence-electron chi connectivity index (χ1n) is 8.55. The zero-order valence-corrected chi connectivity index (χ0v) is 15.3. The smallest absolute Gasteiger partial charge is 0.188 e. The number of hydrogen-bond donors (Lipinski definition) is 0. The first kappa shape index (κ1) is 16.3. The highest BCUT2D eigenvalue weighted by molar-refractivity contribution is 7.98. The summed E-state index contributed by atoms with van der Waals surface area (Å²) in [5, 5.41) is 7.11. The van der Waals surface area contributed by atoms with E-state index in [1.54, 1.807) is 7.11 Å². The van der Waals surface area contributed by atoms with Crippen LogP contribution in [0.4, 0.5) is 0 Å². The van der Waals surface area contributed by atoms with Gasteiger partial charge in [0.1, 0.15) is 11.5 Å². The Bertz CT molecular complexity index is 793. The molecule has 2 aliphatic heterocycles. The van der Waals surface area contributed by atoms with Gasteiger partial charge in [-0.3, -0.25) is 5.01 Å². The van der Waals surface area contributed by atoms with Crippen LogP contribution in [0.1, 0.15) is 30.0 Å². The normalized spacial score (nSPS) is 21.2. The third-order valence-corrected chi connectivity index (χ3v) is 5.39. The standard InChI is InChI=1S/C20H22N2O2S/c1-23-15-7-5-6-14(12-15)17-13-18-16-8-3-4-9-19(16)24-20(10-11-25-2)22(18)21-17/h3-9,12,18,20H,10-11,13H2,1-2H3/t18-,20-/m0/s1. The third kappa shape index (κ3) is 3.09. The highest BCUT2D eigenvalue weighted by Gasteiger charge is 2.39. The van der Waals surface area contributed by atoms with Crippen LogP contribution in [-0.2, 0) is 0 Å². The monoisotopic (exact) mass is 354 g/mol. The second kappa shape index (κ2) is 7.00. The number of ether oxygens (including phenoxy) is 2. The summed E-state index contributed by atoms with van der Waals surface area (Å²) in [6.45, 7) is 0. The second-order valence-corrected chi connectivity index (χ2v) is 7.26. The summed E-state index contributed by atoms with van der Waals surface area (Å²) in [5.41, 5.74) is 3.44. The maximum atomic E-state index is 6.26. The van der Waals surface area contributed by atoms with Gasteiger partial charge in [0.25, 0.3) is 0 Å². The summed E-state index contributed by atoms with van der Waals surface area (Å²) in [4.78, 5) is 0. The maximum absolute atomic E-state index is 6.26. The van der Waals surface area contributed by atoms with Crippen LogP contribution in [0, 0.1) is 0 Å². The van der Waals surface area contributed by atoms with Crippen LogP contribution in [0.5, 0.6) is 11.5 Å². The van der Waals surface area contributed by atoms with Crippen molar-refractivity contribution >= 4 is 17.5 Å². The van der Waals surface area contributed by atoms with Crippen LogP contribution in [0.3, 0.4) is 0 Å². The summed E-state index contributed by atoms with van der Waals surface area (Å²) in [6.07, 6.45) is 3.98. The predicted molar refractivity (Wildman–Crippen MR) is 103 cm³/mol. The van der Waals surface area contributed by atoms with Gasteiger partial charge in [0.2, 0.25) is 0 Å². The van der Waals surface area contributed by atoms with Gasteiger partial charge in [-0.15, -0.1) is 0 Å². The van der Waals surface area contributed by atoms with Crippen molar-refractivity contribution in [1.29, 1.82) is 0 Å². The summed E-state index contributed by atoms with van der Waals surface area (Å²) in [5.74, 6) is 2.91. The molecule has 0 aliphatic carbocycles. The van der Waals surface area contributed by atoms with Gasteiger partial charge in [0, 0.05) is 24.0 Å². The van der Waals surface area contributed by atoms with Crippen LogP contribution >= 0.6 is 11.8 Å². The van der Waals surface area contributed by atoms with Crippen molar-refractivity contribution in [2.75, 3.05) is 19.1 Å². The molecule has 0 unspecified atom stereocenters. The third-order valence-electron chi connectivity index (χ3n) is 4.75. The summed E-state index contributed by atoms with van der Waals surface area (Å²) >= 11 is 1.84. The first-order chi connectivity index (χ1) is 12.3. The van der Waals surface area contributed by atoms with E-state index in [2.05, 4.69) is 41.6 Å². The number of nitrogens with zero attached hydrogens (tertiary/aromatic N) is 2. The van der Waals surface area contributed by atoms with E-state index < -0.39 is 0 Å². The number of para-hydroxylation sites is 1. The van der Waals surface area contributed by atoms with Crippen LogP contribution in [0.15, 0.2) is 53.6 Å². The SMILES string of the molecule is COc1cccc(C2=NN3[C@H](CCSC)Oc4ccccc4[C@@H]3C2)c1. The number of thioether (sulfide) groups is 1. The Balaban J connectivity index is 1.68. The van der Waals surface area contributed by atoms with Gasteiger partial charge in [-0.2, -0.15) is 16.9 Å². The molecule has 2 aliphatic rings. The summed E-state index contributed by atoms with van der Waals surface area (Å²) < 4.78 is 11.6. The molecule has 0 aromatic heterocycles. The van der Waals surface area contributed by atoms with E-state index in [9.17, 15) is 0 Å². The summed E-state index contributed by atoms with van der Waals surface area (Å²) in [7, 11) is 1.70. The molecule has 2 heterocycles. The lowest BCUT2D eigenvalue weighted by Crippen LogP contribution is -2.40. The van der Waals surface area contributed by atoms with Crippen molar-refractivity contribution in [2.24, 2.45) is 5.10 Å². The molecule has 25 heavy (non-hydrogen) atoms. The van der Waals surface area contributed by atoms with E-state index in [1.165, 1.54) is 5.56 Å². The molecule has 130 valence electrons. The van der Waals surface area contributed by atoms with Crippen molar-refractivity contribution in [1.82, 2.24) is 5.01 Å². The molecule has 0 radical (unpaired) electrons. The van der Waals surface area contributed by atoms with E-state index in [4.69, 9.17) is 14.6 Å². The van der Waals surface area contributed by atoms with Gasteiger partial charge in [0.15, 0.2) is 6.23 Å².